The molecule has 1 fully saturated rings. The van der Waals surface area contributed by atoms with Gasteiger partial charge >= 0.3 is 5.97 Å². The van der Waals surface area contributed by atoms with Crippen molar-refractivity contribution in [3.8, 4) is 5.75 Å². The molecule has 1 aromatic carbocycles. The lowest BCUT2D eigenvalue weighted by Crippen LogP contribution is -2.43. The summed E-state index contributed by atoms with van der Waals surface area (Å²) in [6.45, 7) is 4.61. The summed E-state index contributed by atoms with van der Waals surface area (Å²) in [5, 5.41) is 0. The molecule has 0 spiro atoms. The van der Waals surface area contributed by atoms with Crippen LogP contribution in [0.3, 0.4) is 0 Å². The maximum atomic E-state index is 11.7. The van der Waals surface area contributed by atoms with E-state index in [4.69, 9.17) is 15.2 Å². The number of carbonyl (C=O) groups is 1. The summed E-state index contributed by atoms with van der Waals surface area (Å²) in [5.74, 6) is 1.29. The van der Waals surface area contributed by atoms with Gasteiger partial charge in [0.1, 0.15) is 11.3 Å². The Balaban J connectivity index is 2.07. The van der Waals surface area contributed by atoms with Crippen molar-refractivity contribution >= 4 is 11.9 Å². The van der Waals surface area contributed by atoms with Crippen molar-refractivity contribution in [2.45, 2.75) is 26.3 Å². The zero-order valence-corrected chi connectivity index (χ0v) is 14.0. The van der Waals surface area contributed by atoms with Crippen LogP contribution in [-0.4, -0.2) is 44.1 Å². The summed E-state index contributed by atoms with van der Waals surface area (Å²) < 4.78 is 9.99. The number of piperidine rings is 1. The Morgan fingerprint density at radius 3 is 2.87 bits per heavy atom. The fourth-order valence-corrected chi connectivity index (χ4v) is 2.78. The molecule has 2 N–H and O–H groups in total. The largest absolute Gasteiger partial charge is 0.496 e. The summed E-state index contributed by atoms with van der Waals surface area (Å²) in [6, 6.07) is 5.32. The van der Waals surface area contributed by atoms with Crippen LogP contribution in [0.5, 0.6) is 5.75 Å². The highest BCUT2D eigenvalue weighted by atomic mass is 16.5. The Bertz CT molecular complexity index is 586. The number of likely N-dealkylation sites (tertiary alicyclic amines) is 1. The fraction of sp³-hybridized carbons (Fsp3) is 0.529. The third-order valence-corrected chi connectivity index (χ3v) is 4.08. The topological polar surface area (TPSA) is 77.1 Å². The number of ether oxygens (including phenoxy) is 2. The van der Waals surface area contributed by atoms with E-state index in [1.807, 2.05) is 6.07 Å². The highest BCUT2D eigenvalue weighted by Gasteiger charge is 2.17. The number of nitrogens with zero attached hydrogens (tertiary/aromatic N) is 2. The predicted molar refractivity (Wildman–Crippen MR) is 89.6 cm³/mol. The molecule has 0 aliphatic carbocycles. The molecule has 2 rings (SSSR count). The van der Waals surface area contributed by atoms with Crippen LogP contribution in [0.1, 0.15) is 35.7 Å². The Hall–Kier alpha value is -2.24. The molecule has 126 valence electrons. The molecule has 0 aromatic heterocycles. The zero-order chi connectivity index (χ0) is 16.8. The number of hydrogen-bond donors (Lipinski definition) is 1. The van der Waals surface area contributed by atoms with Gasteiger partial charge in [-0.2, -0.15) is 0 Å². The lowest BCUT2D eigenvalue weighted by atomic mass is 10.0. The molecular formula is C17H25N3O3. The molecule has 0 amide bonds. The van der Waals surface area contributed by atoms with Crippen LogP contribution in [0.25, 0.3) is 0 Å². The van der Waals surface area contributed by atoms with Crippen LogP contribution >= 0.6 is 0 Å². The van der Waals surface area contributed by atoms with Gasteiger partial charge in [0.05, 0.1) is 20.8 Å². The van der Waals surface area contributed by atoms with Gasteiger partial charge in [-0.05, 0) is 36.5 Å². The molecule has 6 heteroatoms. The zero-order valence-electron chi connectivity index (χ0n) is 14.0. The Labute approximate surface area is 137 Å². The predicted octanol–water partition coefficient (Wildman–Crippen LogP) is 2.03. The fourth-order valence-electron chi connectivity index (χ4n) is 2.78. The van der Waals surface area contributed by atoms with Gasteiger partial charge in [-0.25, -0.2) is 9.79 Å². The lowest BCUT2D eigenvalue weighted by molar-refractivity contribution is 0.0597. The molecule has 6 nitrogen and oxygen atoms in total. The van der Waals surface area contributed by atoms with Crippen molar-refractivity contribution < 1.29 is 14.3 Å². The summed E-state index contributed by atoms with van der Waals surface area (Å²) in [7, 11) is 2.87. The Morgan fingerprint density at radius 2 is 2.22 bits per heavy atom. The van der Waals surface area contributed by atoms with Crippen molar-refractivity contribution in [3.05, 3.63) is 29.3 Å². The first kappa shape index (κ1) is 17.1. The molecule has 1 aromatic rings. The first-order valence-corrected chi connectivity index (χ1v) is 7.85. The van der Waals surface area contributed by atoms with Crippen molar-refractivity contribution in [2.24, 2.45) is 16.6 Å². The minimum Gasteiger partial charge on any atom is -0.496 e. The summed E-state index contributed by atoms with van der Waals surface area (Å²) in [4.78, 5) is 18.3. The molecule has 1 aliphatic heterocycles. The maximum Gasteiger partial charge on any atom is 0.341 e. The number of benzene rings is 1. The third kappa shape index (κ3) is 4.37. The maximum absolute atomic E-state index is 11.7. The van der Waals surface area contributed by atoms with E-state index in [2.05, 4.69) is 16.8 Å². The number of methoxy groups -OCH3 is 2. The van der Waals surface area contributed by atoms with Gasteiger partial charge in [0, 0.05) is 13.1 Å². The van der Waals surface area contributed by atoms with Gasteiger partial charge in [-0.3, -0.25) is 0 Å². The molecule has 1 aliphatic rings. The van der Waals surface area contributed by atoms with Gasteiger partial charge < -0.3 is 20.1 Å². The first-order chi connectivity index (χ1) is 11.0. The number of rotatable bonds is 4. The van der Waals surface area contributed by atoms with E-state index in [-0.39, 0.29) is 0 Å². The normalized spacial score (nSPS) is 18.7. The van der Waals surface area contributed by atoms with Gasteiger partial charge in [0.25, 0.3) is 0 Å². The molecule has 1 unspecified atom stereocenters. The third-order valence-electron chi connectivity index (χ3n) is 4.08. The molecule has 23 heavy (non-hydrogen) atoms. The number of aliphatic imine (C=N–C) groups is 1. The van der Waals surface area contributed by atoms with E-state index in [0.29, 0.717) is 29.7 Å². The van der Waals surface area contributed by atoms with E-state index in [1.165, 1.54) is 20.6 Å². The molecular weight excluding hydrogens is 294 g/mol. The molecule has 1 heterocycles. The van der Waals surface area contributed by atoms with Crippen molar-refractivity contribution in [1.82, 2.24) is 4.90 Å². The van der Waals surface area contributed by atoms with Gasteiger partial charge in [0.2, 0.25) is 0 Å². The molecule has 0 saturated carbocycles. The van der Waals surface area contributed by atoms with E-state index < -0.39 is 5.97 Å². The van der Waals surface area contributed by atoms with Crippen LogP contribution in [0.2, 0.25) is 0 Å². The Kier molecular flexibility index (Phi) is 5.84. The van der Waals surface area contributed by atoms with E-state index >= 15 is 0 Å². The van der Waals surface area contributed by atoms with E-state index in [9.17, 15) is 4.79 Å². The quantitative estimate of drug-likeness (QED) is 0.522. The number of carbonyl (C=O) groups excluding carboxylic acids is 1. The van der Waals surface area contributed by atoms with Crippen LogP contribution in [0.15, 0.2) is 23.2 Å². The van der Waals surface area contributed by atoms with Crippen molar-refractivity contribution in [3.63, 3.8) is 0 Å². The van der Waals surface area contributed by atoms with E-state index in [0.717, 1.165) is 25.1 Å². The standard InChI is InChI=1S/C17H25N3O3/c1-12-5-4-8-20(11-12)17(18)19-10-13-6-7-14(16(21)23-3)15(9-13)22-2/h6-7,9,12H,4-5,8,10-11H2,1-3H3,(H2,18,19). The van der Waals surface area contributed by atoms with E-state index in [1.54, 1.807) is 12.1 Å². The number of hydrogen-bond acceptors (Lipinski definition) is 4. The summed E-state index contributed by atoms with van der Waals surface area (Å²) >= 11 is 0. The monoisotopic (exact) mass is 319 g/mol. The van der Waals surface area contributed by atoms with Gasteiger partial charge in [-0.15, -0.1) is 0 Å². The molecule has 0 radical (unpaired) electrons. The number of esters is 1. The minimum absolute atomic E-state index is 0.403. The van der Waals surface area contributed by atoms with Crippen LogP contribution in [0, 0.1) is 5.92 Å². The second-order valence-corrected chi connectivity index (χ2v) is 5.89. The first-order valence-electron chi connectivity index (χ1n) is 7.85. The highest BCUT2D eigenvalue weighted by molar-refractivity contribution is 5.92. The minimum atomic E-state index is -0.418. The number of nitrogens with two attached hydrogens (primary N) is 1. The second-order valence-electron chi connectivity index (χ2n) is 5.89. The van der Waals surface area contributed by atoms with Crippen LogP contribution in [-0.2, 0) is 11.3 Å². The van der Waals surface area contributed by atoms with Crippen molar-refractivity contribution in [2.75, 3.05) is 27.3 Å². The molecule has 0 bridgehead atoms. The second kappa shape index (κ2) is 7.85. The average molecular weight is 319 g/mol. The number of guanidine groups is 1. The van der Waals surface area contributed by atoms with Crippen LogP contribution < -0.4 is 10.5 Å². The summed E-state index contributed by atoms with van der Waals surface area (Å²) in [6.07, 6.45) is 2.40. The molecule has 1 saturated heterocycles. The Morgan fingerprint density at radius 1 is 1.43 bits per heavy atom. The average Bonchev–Trinajstić information content (AvgIpc) is 2.58. The summed E-state index contributed by atoms with van der Waals surface area (Å²) in [5.41, 5.74) is 7.44. The SMILES string of the molecule is COC(=O)c1ccc(CN=C(N)N2CCCC(C)C2)cc1OC. The van der Waals surface area contributed by atoms with Gasteiger partial charge in [-0.1, -0.05) is 13.0 Å². The van der Waals surface area contributed by atoms with Gasteiger partial charge in [0.15, 0.2) is 5.96 Å². The van der Waals surface area contributed by atoms with Crippen LogP contribution in [0.4, 0.5) is 0 Å². The smallest absolute Gasteiger partial charge is 0.341 e. The van der Waals surface area contributed by atoms with Crippen molar-refractivity contribution in [1.29, 1.82) is 0 Å². The molecule has 1 atom stereocenters. The highest BCUT2D eigenvalue weighted by Crippen LogP contribution is 2.22. The lowest BCUT2D eigenvalue weighted by Gasteiger charge is -2.31.